The highest BCUT2D eigenvalue weighted by molar-refractivity contribution is 7.77. The summed E-state index contributed by atoms with van der Waals surface area (Å²) in [7, 11) is 0. The molecule has 2 aliphatic rings. The summed E-state index contributed by atoms with van der Waals surface area (Å²) in [6.07, 6.45) is 10.8. The molecule has 1 aliphatic heterocycles. The van der Waals surface area contributed by atoms with Crippen LogP contribution in [0.3, 0.4) is 0 Å². The van der Waals surface area contributed by atoms with Gasteiger partial charge in [0.05, 0.1) is 17.2 Å². The number of aromatic amines is 1. The normalized spacial score (nSPS) is 17.0. The van der Waals surface area contributed by atoms with Crippen LogP contribution < -0.4 is 15.3 Å². The van der Waals surface area contributed by atoms with Crippen molar-refractivity contribution < 1.29 is 4.74 Å². The molecule has 0 radical (unpaired) electrons. The van der Waals surface area contributed by atoms with Gasteiger partial charge in [-0.05, 0) is 60.9 Å². The van der Waals surface area contributed by atoms with E-state index < -0.39 is 0 Å². The molecule has 3 heterocycles. The third kappa shape index (κ3) is 4.41. The van der Waals surface area contributed by atoms with Gasteiger partial charge in [-0.15, -0.1) is 0 Å². The van der Waals surface area contributed by atoms with Gasteiger partial charge in [0.15, 0.2) is 0 Å². The van der Waals surface area contributed by atoms with E-state index in [0.29, 0.717) is 12.5 Å². The van der Waals surface area contributed by atoms with E-state index in [1.807, 2.05) is 6.20 Å². The first-order valence-electron chi connectivity index (χ1n) is 11.0. The number of hydrogen-bond donors (Lipinski definition) is 2. The Morgan fingerprint density at radius 2 is 1.90 bits per heavy atom. The third-order valence-corrected chi connectivity index (χ3v) is 6.70. The fourth-order valence-electron chi connectivity index (χ4n) is 4.51. The molecule has 5 rings (SSSR count). The molecule has 1 fully saturated rings. The van der Waals surface area contributed by atoms with Gasteiger partial charge < -0.3 is 4.74 Å². The minimum absolute atomic E-state index is 0.478. The van der Waals surface area contributed by atoms with Crippen molar-refractivity contribution in [3.8, 4) is 17.1 Å². The first kappa shape index (κ1) is 20.3. The number of benzene rings is 1. The van der Waals surface area contributed by atoms with Crippen molar-refractivity contribution in [2.24, 2.45) is 0 Å². The number of aryl methyl sites for hydroxylation is 1. The van der Waals surface area contributed by atoms with E-state index in [2.05, 4.69) is 76.7 Å². The topological polar surface area (TPSA) is 54.0 Å². The highest BCUT2D eigenvalue weighted by Gasteiger charge is 2.23. The molecule has 160 valence electrons. The van der Waals surface area contributed by atoms with E-state index >= 15 is 0 Å². The molecule has 6 heteroatoms. The van der Waals surface area contributed by atoms with Gasteiger partial charge in [0.25, 0.3) is 0 Å². The van der Waals surface area contributed by atoms with Crippen molar-refractivity contribution >= 4 is 25.0 Å². The first-order chi connectivity index (χ1) is 15.2. The van der Waals surface area contributed by atoms with E-state index in [0.717, 1.165) is 66.8 Å². The van der Waals surface area contributed by atoms with Crippen LogP contribution >= 0.6 is 12.8 Å². The maximum atomic E-state index is 6.11. The predicted molar refractivity (Wildman–Crippen MR) is 127 cm³/mol. The number of pyridine rings is 1. The maximum absolute atomic E-state index is 6.11. The third-order valence-electron chi connectivity index (χ3n) is 6.30. The Morgan fingerprint density at radius 3 is 2.71 bits per heavy atom. The molecule has 1 saturated heterocycles. The number of aromatic nitrogens is 3. The molecule has 0 unspecified atom stereocenters. The van der Waals surface area contributed by atoms with Crippen LogP contribution in [0.4, 0.5) is 0 Å². The van der Waals surface area contributed by atoms with E-state index in [-0.39, 0.29) is 0 Å². The lowest BCUT2D eigenvalue weighted by Crippen LogP contribution is -2.30. The Hall–Kier alpha value is -2.57. The van der Waals surface area contributed by atoms with Crippen LogP contribution in [0.2, 0.25) is 0 Å². The Bertz CT molecular complexity index is 1180. The lowest BCUT2D eigenvalue weighted by molar-refractivity contribution is 0.281. The minimum Gasteiger partial charge on any atom is -0.473 e. The molecule has 0 amide bonds. The molecule has 31 heavy (non-hydrogen) atoms. The quantitative estimate of drug-likeness (QED) is 0.603. The van der Waals surface area contributed by atoms with Gasteiger partial charge in [0.2, 0.25) is 5.88 Å². The summed E-state index contributed by atoms with van der Waals surface area (Å²) in [5.74, 6) is 1.27. The van der Waals surface area contributed by atoms with E-state index in [1.165, 1.54) is 16.3 Å². The van der Waals surface area contributed by atoms with Gasteiger partial charge in [-0.3, -0.25) is 4.31 Å². The number of fused-ring (bicyclic) bond motifs is 1. The number of nitrogens with one attached hydrogen (secondary N) is 1. The molecule has 3 aromatic rings. The van der Waals surface area contributed by atoms with Crippen LogP contribution in [0.25, 0.3) is 23.4 Å². The van der Waals surface area contributed by atoms with Gasteiger partial charge in [0.1, 0.15) is 6.61 Å². The summed E-state index contributed by atoms with van der Waals surface area (Å²) in [6, 6.07) is 10.8. The molecule has 5 nitrogen and oxygen atoms in total. The number of nitrogens with zero attached hydrogens (tertiary/aromatic N) is 3. The SMILES string of the molecule is Cc1cc2c(nc1-c1ccc(COc3[nH]ncc3C3CCN(S)CC3)cc1)=CCCC=2. The summed E-state index contributed by atoms with van der Waals surface area (Å²) in [5, 5.41) is 9.63. The molecule has 0 bridgehead atoms. The summed E-state index contributed by atoms with van der Waals surface area (Å²) in [6.45, 7) is 4.64. The second kappa shape index (κ2) is 8.89. The van der Waals surface area contributed by atoms with Gasteiger partial charge in [0, 0.05) is 24.2 Å². The number of rotatable bonds is 5. The molecule has 0 spiro atoms. The number of H-pyrrole nitrogens is 1. The Balaban J connectivity index is 1.29. The summed E-state index contributed by atoms with van der Waals surface area (Å²) >= 11 is 4.45. The predicted octanol–water partition coefficient (Wildman–Crippen LogP) is 3.74. The molecule has 0 atom stereocenters. The van der Waals surface area contributed by atoms with Crippen molar-refractivity contribution in [2.75, 3.05) is 13.1 Å². The van der Waals surface area contributed by atoms with Crippen molar-refractivity contribution in [1.29, 1.82) is 0 Å². The number of ether oxygens (including phenoxy) is 1. The van der Waals surface area contributed by atoms with Crippen LogP contribution in [0.15, 0.2) is 36.5 Å². The van der Waals surface area contributed by atoms with Crippen molar-refractivity contribution in [1.82, 2.24) is 19.5 Å². The maximum Gasteiger partial charge on any atom is 0.212 e. The van der Waals surface area contributed by atoms with Crippen LogP contribution in [0, 0.1) is 6.92 Å². The lowest BCUT2D eigenvalue weighted by Gasteiger charge is -2.27. The zero-order valence-corrected chi connectivity index (χ0v) is 18.7. The molecular weight excluding hydrogens is 404 g/mol. The Labute approximate surface area is 188 Å². The minimum atomic E-state index is 0.478. The van der Waals surface area contributed by atoms with E-state index in [1.54, 1.807) is 0 Å². The smallest absolute Gasteiger partial charge is 0.212 e. The largest absolute Gasteiger partial charge is 0.473 e. The van der Waals surface area contributed by atoms with Crippen molar-refractivity contribution in [2.45, 2.75) is 45.1 Å². The fourth-order valence-corrected chi connectivity index (χ4v) is 4.74. The van der Waals surface area contributed by atoms with Crippen LogP contribution in [-0.4, -0.2) is 32.6 Å². The van der Waals surface area contributed by atoms with E-state index in [4.69, 9.17) is 9.72 Å². The van der Waals surface area contributed by atoms with Crippen molar-refractivity contribution in [3.63, 3.8) is 0 Å². The summed E-state index contributed by atoms with van der Waals surface area (Å²) in [5.41, 5.74) is 5.72. The highest BCUT2D eigenvalue weighted by Crippen LogP contribution is 2.33. The molecule has 1 aromatic carbocycles. The zero-order chi connectivity index (χ0) is 21.2. The molecule has 0 saturated carbocycles. The average Bonchev–Trinajstić information content (AvgIpc) is 3.27. The van der Waals surface area contributed by atoms with E-state index in [9.17, 15) is 0 Å². The Kier molecular flexibility index (Phi) is 5.83. The molecule has 1 aliphatic carbocycles. The van der Waals surface area contributed by atoms with Gasteiger partial charge in [-0.25, -0.2) is 10.1 Å². The first-order valence-corrected chi connectivity index (χ1v) is 11.4. The second-order valence-corrected chi connectivity index (χ2v) is 9.05. The Morgan fingerprint density at radius 1 is 1.13 bits per heavy atom. The average molecular weight is 433 g/mol. The summed E-state index contributed by atoms with van der Waals surface area (Å²) < 4.78 is 8.19. The lowest BCUT2D eigenvalue weighted by atomic mass is 9.92. The van der Waals surface area contributed by atoms with Gasteiger partial charge in [-0.1, -0.05) is 49.2 Å². The number of piperidine rings is 1. The van der Waals surface area contributed by atoms with Gasteiger partial charge >= 0.3 is 0 Å². The van der Waals surface area contributed by atoms with Crippen LogP contribution in [0.5, 0.6) is 5.88 Å². The zero-order valence-electron chi connectivity index (χ0n) is 17.8. The fraction of sp³-hybridized carbons (Fsp3) is 0.360. The van der Waals surface area contributed by atoms with Crippen molar-refractivity contribution in [3.05, 3.63) is 63.8 Å². The second-order valence-electron chi connectivity index (χ2n) is 8.48. The summed E-state index contributed by atoms with van der Waals surface area (Å²) in [4.78, 5) is 4.93. The molecule has 1 N–H and O–H groups in total. The van der Waals surface area contributed by atoms with Crippen LogP contribution in [-0.2, 0) is 6.61 Å². The van der Waals surface area contributed by atoms with Gasteiger partial charge in [-0.2, -0.15) is 5.10 Å². The monoisotopic (exact) mass is 432 g/mol. The number of hydrogen-bond acceptors (Lipinski definition) is 5. The number of thiol groups is 1. The molecule has 2 aromatic heterocycles. The molecular formula is C25H28N4OS. The van der Waals surface area contributed by atoms with Crippen LogP contribution in [0.1, 0.15) is 48.3 Å². The highest BCUT2D eigenvalue weighted by atomic mass is 32.1. The standard InChI is InChI=1S/C25H28N4OS/c1-17-14-21-4-2-3-5-23(21)27-24(17)20-8-6-18(7-9-20)16-30-25-22(15-26-28-25)19-10-12-29(31)13-11-19/h4-9,14-15,19,31H,2-3,10-13,16H2,1H3,(H,26,28).